The van der Waals surface area contributed by atoms with Crippen LogP contribution in [-0.4, -0.2) is 79.0 Å². The summed E-state index contributed by atoms with van der Waals surface area (Å²) in [4.78, 5) is 29.9. The van der Waals surface area contributed by atoms with Crippen molar-refractivity contribution in [3.8, 4) is 0 Å². The number of hydrogen-bond acceptors (Lipinski definition) is 3. The van der Waals surface area contributed by atoms with Gasteiger partial charge in [-0.05, 0) is 32.9 Å². The van der Waals surface area contributed by atoms with Gasteiger partial charge in [0.2, 0.25) is 5.91 Å². The molecule has 20 heavy (non-hydrogen) atoms. The van der Waals surface area contributed by atoms with Gasteiger partial charge in [0.05, 0.1) is 0 Å². The molecule has 3 amide bonds. The summed E-state index contributed by atoms with van der Waals surface area (Å²) in [7, 11) is 0. The van der Waals surface area contributed by atoms with Gasteiger partial charge in [0, 0.05) is 45.7 Å². The summed E-state index contributed by atoms with van der Waals surface area (Å²) in [5, 5.41) is 3.19. The molecule has 0 saturated carbocycles. The molecule has 6 nitrogen and oxygen atoms in total. The Morgan fingerprint density at radius 2 is 1.60 bits per heavy atom. The van der Waals surface area contributed by atoms with Gasteiger partial charge < -0.3 is 20.0 Å². The third-order valence-corrected chi connectivity index (χ3v) is 4.27. The van der Waals surface area contributed by atoms with Crippen molar-refractivity contribution in [2.45, 2.75) is 20.3 Å². The van der Waals surface area contributed by atoms with Crippen molar-refractivity contribution in [3.63, 3.8) is 0 Å². The first-order chi connectivity index (χ1) is 9.65. The lowest BCUT2D eigenvalue weighted by molar-refractivity contribution is -0.134. The van der Waals surface area contributed by atoms with E-state index in [-0.39, 0.29) is 11.9 Å². The maximum Gasteiger partial charge on any atom is 0.320 e. The van der Waals surface area contributed by atoms with Crippen molar-refractivity contribution in [2.75, 3.05) is 52.4 Å². The van der Waals surface area contributed by atoms with E-state index in [1.165, 1.54) is 0 Å². The highest BCUT2D eigenvalue weighted by atomic mass is 16.2. The largest absolute Gasteiger partial charge is 0.339 e. The van der Waals surface area contributed by atoms with Gasteiger partial charge in [-0.3, -0.25) is 4.79 Å². The number of urea groups is 1. The fourth-order valence-corrected chi connectivity index (χ4v) is 2.71. The van der Waals surface area contributed by atoms with Gasteiger partial charge in [-0.1, -0.05) is 0 Å². The Morgan fingerprint density at radius 3 is 2.05 bits per heavy atom. The third kappa shape index (κ3) is 3.42. The zero-order valence-electron chi connectivity index (χ0n) is 12.6. The van der Waals surface area contributed by atoms with Crippen LogP contribution in [0, 0.1) is 5.92 Å². The summed E-state index contributed by atoms with van der Waals surface area (Å²) in [6, 6.07) is 0.102. The van der Waals surface area contributed by atoms with E-state index >= 15 is 0 Å². The second kappa shape index (κ2) is 6.92. The minimum Gasteiger partial charge on any atom is -0.339 e. The molecule has 2 aliphatic heterocycles. The smallest absolute Gasteiger partial charge is 0.320 e. The Kier molecular flexibility index (Phi) is 5.23. The van der Waals surface area contributed by atoms with Crippen molar-refractivity contribution >= 4 is 11.9 Å². The average molecular weight is 282 g/mol. The summed E-state index contributed by atoms with van der Waals surface area (Å²) in [6.07, 6.45) is 0.650. The molecule has 2 aliphatic rings. The second-order valence-corrected chi connectivity index (χ2v) is 5.55. The van der Waals surface area contributed by atoms with Gasteiger partial charge in [0.1, 0.15) is 0 Å². The van der Waals surface area contributed by atoms with E-state index in [1.54, 1.807) is 0 Å². The molecule has 0 spiro atoms. The molecule has 0 atom stereocenters. The molecule has 2 heterocycles. The predicted molar refractivity (Wildman–Crippen MR) is 77.4 cm³/mol. The number of nitrogens with one attached hydrogen (secondary N) is 1. The monoisotopic (exact) mass is 282 g/mol. The van der Waals surface area contributed by atoms with Crippen LogP contribution in [0.3, 0.4) is 0 Å². The Balaban J connectivity index is 1.76. The number of amides is 3. The first-order valence-electron chi connectivity index (χ1n) is 7.68. The molecule has 6 heteroatoms. The summed E-state index contributed by atoms with van der Waals surface area (Å²) < 4.78 is 0. The summed E-state index contributed by atoms with van der Waals surface area (Å²) in [5.74, 6) is 0.754. The average Bonchev–Trinajstić information content (AvgIpc) is 2.44. The van der Waals surface area contributed by atoms with E-state index < -0.39 is 0 Å². The Morgan fingerprint density at radius 1 is 1.05 bits per heavy atom. The van der Waals surface area contributed by atoms with Crippen LogP contribution in [0.15, 0.2) is 0 Å². The lowest BCUT2D eigenvalue weighted by atomic mass is 9.98. The molecule has 0 unspecified atom stereocenters. The quantitative estimate of drug-likeness (QED) is 0.801. The van der Waals surface area contributed by atoms with E-state index in [0.717, 1.165) is 26.2 Å². The molecule has 0 radical (unpaired) electrons. The van der Waals surface area contributed by atoms with Crippen molar-refractivity contribution in [2.24, 2.45) is 5.92 Å². The lowest BCUT2D eigenvalue weighted by Gasteiger charge is -2.38. The zero-order chi connectivity index (χ0) is 14.5. The highest BCUT2D eigenvalue weighted by molar-refractivity contribution is 5.78. The van der Waals surface area contributed by atoms with E-state index in [0.29, 0.717) is 38.5 Å². The van der Waals surface area contributed by atoms with E-state index in [9.17, 15) is 9.59 Å². The molecular weight excluding hydrogens is 256 g/mol. The highest BCUT2D eigenvalue weighted by Crippen LogP contribution is 2.13. The van der Waals surface area contributed by atoms with Gasteiger partial charge in [-0.2, -0.15) is 0 Å². The van der Waals surface area contributed by atoms with Gasteiger partial charge in [-0.25, -0.2) is 4.79 Å². The minimum absolute atomic E-state index is 0.102. The minimum atomic E-state index is 0.102. The van der Waals surface area contributed by atoms with Crippen LogP contribution < -0.4 is 5.32 Å². The van der Waals surface area contributed by atoms with E-state index in [2.05, 4.69) is 5.32 Å². The van der Waals surface area contributed by atoms with Crippen molar-refractivity contribution in [1.82, 2.24) is 20.0 Å². The number of hydrogen-bond donors (Lipinski definition) is 1. The Hall–Kier alpha value is -1.30. The molecule has 0 bridgehead atoms. The van der Waals surface area contributed by atoms with Gasteiger partial charge in [0.15, 0.2) is 0 Å². The molecule has 0 aromatic carbocycles. The highest BCUT2D eigenvalue weighted by Gasteiger charge is 2.28. The van der Waals surface area contributed by atoms with Crippen LogP contribution in [0.4, 0.5) is 4.79 Å². The van der Waals surface area contributed by atoms with Crippen LogP contribution in [-0.2, 0) is 4.79 Å². The molecule has 0 aliphatic carbocycles. The molecule has 2 rings (SSSR count). The number of nitrogens with zero attached hydrogens (tertiary/aromatic N) is 3. The Labute approximate surface area is 121 Å². The normalized spacial score (nSPS) is 19.7. The predicted octanol–water partition coefficient (Wildman–Crippen LogP) is 0.202. The molecular formula is C14H26N4O2. The van der Waals surface area contributed by atoms with Crippen molar-refractivity contribution < 1.29 is 9.59 Å². The number of piperazine rings is 1. The fraction of sp³-hybridized carbons (Fsp3) is 0.857. The molecule has 1 N–H and O–H groups in total. The Bertz CT molecular complexity index is 345. The first kappa shape index (κ1) is 15.1. The molecule has 114 valence electrons. The molecule has 2 fully saturated rings. The number of carbonyl (C=O) groups excluding carboxylic acids is 2. The maximum absolute atomic E-state index is 12.2. The molecule has 0 aromatic rings. The van der Waals surface area contributed by atoms with Gasteiger partial charge in [-0.15, -0.1) is 0 Å². The first-order valence-corrected chi connectivity index (χ1v) is 7.68. The van der Waals surface area contributed by atoms with Crippen LogP contribution in [0.5, 0.6) is 0 Å². The number of carbonyl (C=O) groups is 2. The fourth-order valence-electron chi connectivity index (χ4n) is 2.71. The van der Waals surface area contributed by atoms with Gasteiger partial charge >= 0.3 is 6.03 Å². The summed E-state index contributed by atoms with van der Waals surface area (Å²) in [5.41, 5.74) is 0. The third-order valence-electron chi connectivity index (χ3n) is 4.27. The second-order valence-electron chi connectivity index (χ2n) is 5.55. The molecule has 2 saturated heterocycles. The summed E-state index contributed by atoms with van der Waals surface area (Å²) >= 11 is 0. The topological polar surface area (TPSA) is 55.9 Å². The van der Waals surface area contributed by atoms with Crippen molar-refractivity contribution in [3.05, 3.63) is 0 Å². The van der Waals surface area contributed by atoms with Crippen LogP contribution in [0.1, 0.15) is 20.3 Å². The van der Waals surface area contributed by atoms with Gasteiger partial charge in [0.25, 0.3) is 0 Å². The van der Waals surface area contributed by atoms with E-state index in [4.69, 9.17) is 0 Å². The lowest BCUT2D eigenvalue weighted by Crippen LogP contribution is -2.55. The number of rotatable bonds is 4. The van der Waals surface area contributed by atoms with Crippen LogP contribution in [0.2, 0.25) is 0 Å². The van der Waals surface area contributed by atoms with E-state index in [1.807, 2.05) is 28.5 Å². The zero-order valence-corrected chi connectivity index (χ0v) is 12.6. The van der Waals surface area contributed by atoms with Crippen molar-refractivity contribution in [1.29, 1.82) is 0 Å². The standard InChI is InChI=1S/C14H26N4O2/c1-3-16(4-2)14(20)18-7-5-17(6-8-18)13(19)9-12-10-15-11-12/h12,15H,3-11H2,1-2H3. The molecule has 0 aromatic heterocycles. The maximum atomic E-state index is 12.2. The SMILES string of the molecule is CCN(CC)C(=O)N1CCN(C(=O)CC2CNC2)CC1. The van der Waals surface area contributed by atoms with Crippen LogP contribution in [0.25, 0.3) is 0 Å². The van der Waals surface area contributed by atoms with Crippen LogP contribution >= 0.6 is 0 Å². The summed E-state index contributed by atoms with van der Waals surface area (Å²) in [6.45, 7) is 10.1.